The standard InChI is InChI=1S/C27H28F4N4O3/c28-19-12-33-25-24(23-17-7-10-37-13-15(17)1-4-21(23)34-25)22(19)14-5-8-35(9-6-14)26(36)18-3-2-16(11-20(18)32)38-27(29,30)31/h2-3,11-12,14-15,17H,1,4-10,13,32H2,(H,33,34)/t15-,17+/m1/s1. The number of halogens is 4. The van der Waals surface area contributed by atoms with E-state index >= 15 is 4.39 Å². The van der Waals surface area contributed by atoms with E-state index in [4.69, 9.17) is 10.5 Å². The summed E-state index contributed by atoms with van der Waals surface area (Å²) in [6, 6.07) is 3.31. The SMILES string of the molecule is Nc1cc(OC(F)(F)F)ccc1C(=O)N1CCC(c2c(F)cnc3[nH]c4c(c23)[C@H]2CCOC[C@H]2CC4)CC1. The summed E-state index contributed by atoms with van der Waals surface area (Å²) in [6.07, 6.45) is 0.361. The maximum Gasteiger partial charge on any atom is 0.573 e. The Kier molecular flexibility index (Phi) is 6.20. The number of rotatable bonds is 3. The van der Waals surface area contributed by atoms with Crippen LogP contribution in [0.1, 0.15) is 64.7 Å². The normalized spacial score (nSPS) is 22.3. The number of hydrogen-bond donors (Lipinski definition) is 2. The highest BCUT2D eigenvalue weighted by atomic mass is 19.4. The molecule has 0 bridgehead atoms. The van der Waals surface area contributed by atoms with Crippen molar-refractivity contribution in [3.63, 3.8) is 0 Å². The third kappa shape index (κ3) is 4.46. The van der Waals surface area contributed by atoms with Crippen molar-refractivity contribution in [2.45, 2.75) is 50.3 Å². The van der Waals surface area contributed by atoms with Crippen LogP contribution in [0.15, 0.2) is 24.4 Å². The number of aromatic nitrogens is 2. The van der Waals surface area contributed by atoms with Gasteiger partial charge >= 0.3 is 6.36 Å². The number of piperidine rings is 1. The van der Waals surface area contributed by atoms with Crippen LogP contribution in [0.25, 0.3) is 11.0 Å². The van der Waals surface area contributed by atoms with Gasteiger partial charge in [-0.2, -0.15) is 0 Å². The van der Waals surface area contributed by atoms with E-state index in [0.717, 1.165) is 49.1 Å². The molecule has 3 aromatic rings. The van der Waals surface area contributed by atoms with Crippen LogP contribution in [0.4, 0.5) is 23.2 Å². The molecule has 2 atom stereocenters. The first-order valence-electron chi connectivity index (χ1n) is 12.9. The van der Waals surface area contributed by atoms with Gasteiger partial charge in [0.25, 0.3) is 5.91 Å². The van der Waals surface area contributed by atoms with Gasteiger partial charge in [-0.1, -0.05) is 0 Å². The van der Waals surface area contributed by atoms with E-state index < -0.39 is 12.1 Å². The Morgan fingerprint density at radius 3 is 2.68 bits per heavy atom. The lowest BCUT2D eigenvalue weighted by Gasteiger charge is -2.36. The van der Waals surface area contributed by atoms with Crippen LogP contribution in [-0.4, -0.2) is 53.4 Å². The van der Waals surface area contributed by atoms with E-state index in [1.165, 1.54) is 17.8 Å². The number of likely N-dealkylation sites (tertiary alicyclic amines) is 1. The average Bonchev–Trinajstić information content (AvgIpc) is 3.27. The smallest absolute Gasteiger partial charge is 0.406 e. The summed E-state index contributed by atoms with van der Waals surface area (Å²) in [5.41, 5.74) is 9.62. The van der Waals surface area contributed by atoms with Crippen molar-refractivity contribution in [2.24, 2.45) is 5.92 Å². The fraction of sp³-hybridized carbons (Fsp3) is 0.481. The number of fused-ring (bicyclic) bond motifs is 5. The van der Waals surface area contributed by atoms with Crippen LogP contribution >= 0.6 is 0 Å². The zero-order valence-corrected chi connectivity index (χ0v) is 20.6. The van der Waals surface area contributed by atoms with E-state index in [9.17, 15) is 18.0 Å². The third-order valence-corrected chi connectivity index (χ3v) is 8.22. The van der Waals surface area contributed by atoms with E-state index in [2.05, 4.69) is 14.7 Å². The van der Waals surface area contributed by atoms with Gasteiger partial charge in [-0.3, -0.25) is 4.79 Å². The maximum atomic E-state index is 15.4. The Morgan fingerprint density at radius 1 is 1.16 bits per heavy atom. The Balaban J connectivity index is 1.23. The van der Waals surface area contributed by atoms with Crippen molar-refractivity contribution < 1.29 is 31.8 Å². The molecular weight excluding hydrogens is 504 g/mol. The zero-order valence-electron chi connectivity index (χ0n) is 20.6. The fourth-order valence-corrected chi connectivity index (χ4v) is 6.50. The molecule has 2 aliphatic heterocycles. The minimum atomic E-state index is -4.85. The van der Waals surface area contributed by atoms with Crippen molar-refractivity contribution in [3.05, 3.63) is 52.6 Å². The van der Waals surface area contributed by atoms with Gasteiger partial charge < -0.3 is 25.1 Å². The minimum Gasteiger partial charge on any atom is -0.406 e. The first-order valence-corrected chi connectivity index (χ1v) is 12.9. The molecule has 2 aromatic heterocycles. The summed E-state index contributed by atoms with van der Waals surface area (Å²) in [5, 5.41) is 0.894. The molecule has 202 valence electrons. The first kappa shape index (κ1) is 25.0. The van der Waals surface area contributed by atoms with Gasteiger partial charge in [-0.25, -0.2) is 9.37 Å². The number of aromatic amines is 1. The molecule has 3 N–H and O–H groups in total. The maximum absolute atomic E-state index is 15.4. The molecule has 2 saturated heterocycles. The predicted octanol–water partition coefficient (Wildman–Crippen LogP) is 5.27. The number of carbonyl (C=O) groups excluding carboxylic acids is 1. The molecule has 3 aliphatic rings. The monoisotopic (exact) mass is 532 g/mol. The Bertz CT molecular complexity index is 1380. The van der Waals surface area contributed by atoms with E-state index in [1.807, 2.05) is 0 Å². The van der Waals surface area contributed by atoms with E-state index in [-0.39, 0.29) is 28.9 Å². The Labute approximate surface area is 216 Å². The number of aryl methyl sites for hydroxylation is 1. The second kappa shape index (κ2) is 9.44. The number of hydrogen-bond acceptors (Lipinski definition) is 5. The average molecular weight is 533 g/mol. The number of H-pyrrole nitrogens is 1. The van der Waals surface area contributed by atoms with Gasteiger partial charge in [0.05, 0.1) is 11.8 Å². The molecule has 2 fully saturated rings. The molecule has 11 heteroatoms. The number of nitrogen functional groups attached to an aromatic ring is 1. The number of amides is 1. The molecular formula is C27H28F4N4O3. The number of nitrogens with two attached hydrogens (primary N) is 1. The zero-order chi connectivity index (χ0) is 26.6. The second-order valence-electron chi connectivity index (χ2n) is 10.4. The lowest BCUT2D eigenvalue weighted by Crippen LogP contribution is -2.38. The molecule has 6 rings (SSSR count). The van der Waals surface area contributed by atoms with Gasteiger partial charge in [0, 0.05) is 54.7 Å². The van der Waals surface area contributed by atoms with Crippen molar-refractivity contribution in [1.82, 2.24) is 14.9 Å². The molecule has 1 aliphatic carbocycles. The van der Waals surface area contributed by atoms with Crippen LogP contribution in [0.2, 0.25) is 0 Å². The van der Waals surface area contributed by atoms with Crippen molar-refractivity contribution >= 4 is 22.6 Å². The van der Waals surface area contributed by atoms with Crippen LogP contribution < -0.4 is 10.5 Å². The predicted molar refractivity (Wildman–Crippen MR) is 131 cm³/mol. The minimum absolute atomic E-state index is 0.0919. The topological polar surface area (TPSA) is 93.5 Å². The number of nitrogens with one attached hydrogen (secondary N) is 1. The number of nitrogens with zero attached hydrogens (tertiary/aromatic N) is 2. The molecule has 38 heavy (non-hydrogen) atoms. The first-order chi connectivity index (χ1) is 18.2. The van der Waals surface area contributed by atoms with Gasteiger partial charge in [0.2, 0.25) is 0 Å². The highest BCUT2D eigenvalue weighted by molar-refractivity contribution is 5.99. The summed E-state index contributed by atoms with van der Waals surface area (Å²) in [7, 11) is 0. The van der Waals surface area contributed by atoms with E-state index in [1.54, 1.807) is 4.90 Å². The molecule has 1 amide bonds. The number of pyridine rings is 1. The number of alkyl halides is 3. The highest BCUT2D eigenvalue weighted by Crippen LogP contribution is 2.47. The highest BCUT2D eigenvalue weighted by Gasteiger charge is 2.38. The second-order valence-corrected chi connectivity index (χ2v) is 10.4. The van der Waals surface area contributed by atoms with Crippen LogP contribution in [0.3, 0.4) is 0 Å². The fourth-order valence-electron chi connectivity index (χ4n) is 6.50. The van der Waals surface area contributed by atoms with Crippen molar-refractivity contribution in [3.8, 4) is 5.75 Å². The third-order valence-electron chi connectivity index (χ3n) is 8.22. The summed E-state index contributed by atoms with van der Waals surface area (Å²) >= 11 is 0. The van der Waals surface area contributed by atoms with Crippen LogP contribution in [0.5, 0.6) is 5.75 Å². The molecule has 0 saturated carbocycles. The van der Waals surface area contributed by atoms with Gasteiger partial charge in [-0.05, 0) is 67.6 Å². The molecule has 4 heterocycles. The summed E-state index contributed by atoms with van der Waals surface area (Å²) in [5.74, 6) is -0.540. The van der Waals surface area contributed by atoms with Gasteiger partial charge in [0.1, 0.15) is 17.2 Å². The van der Waals surface area contributed by atoms with Gasteiger partial charge in [-0.15, -0.1) is 13.2 Å². The summed E-state index contributed by atoms with van der Waals surface area (Å²) in [4.78, 5) is 22.6. The molecule has 0 unspecified atom stereocenters. The number of carbonyl (C=O) groups is 1. The number of benzene rings is 1. The Hall–Kier alpha value is -3.34. The Morgan fingerprint density at radius 2 is 1.95 bits per heavy atom. The molecule has 0 radical (unpaired) electrons. The van der Waals surface area contributed by atoms with Crippen molar-refractivity contribution in [1.29, 1.82) is 0 Å². The number of ether oxygens (including phenoxy) is 2. The van der Waals surface area contributed by atoms with E-state index in [0.29, 0.717) is 55.6 Å². The summed E-state index contributed by atoms with van der Waals surface area (Å²) in [6.45, 7) is 2.17. The number of anilines is 1. The lowest BCUT2D eigenvalue weighted by molar-refractivity contribution is -0.274. The molecule has 7 nitrogen and oxygen atoms in total. The summed E-state index contributed by atoms with van der Waals surface area (Å²) < 4.78 is 62.5. The quantitative estimate of drug-likeness (QED) is 0.354. The van der Waals surface area contributed by atoms with Crippen LogP contribution in [0, 0.1) is 11.7 Å². The van der Waals surface area contributed by atoms with Crippen LogP contribution in [-0.2, 0) is 11.2 Å². The lowest BCUT2D eigenvalue weighted by atomic mass is 9.73. The van der Waals surface area contributed by atoms with Crippen molar-refractivity contribution in [2.75, 3.05) is 32.0 Å². The largest absolute Gasteiger partial charge is 0.573 e. The molecule has 1 aromatic carbocycles. The molecule has 0 spiro atoms. The van der Waals surface area contributed by atoms with Gasteiger partial charge in [0.15, 0.2) is 0 Å².